The van der Waals surface area contributed by atoms with Crippen LogP contribution in [0.5, 0.6) is 11.6 Å². The molecule has 29 heavy (non-hydrogen) atoms. The highest BCUT2D eigenvalue weighted by Gasteiger charge is 2.26. The van der Waals surface area contributed by atoms with Gasteiger partial charge in [-0.3, -0.25) is 4.79 Å². The summed E-state index contributed by atoms with van der Waals surface area (Å²) < 4.78 is 31.4. The number of hydrogen-bond donors (Lipinski definition) is 1. The third-order valence-electron chi connectivity index (χ3n) is 4.29. The smallest absolute Gasteiger partial charge is 0.220 e. The molecule has 7 nitrogen and oxygen atoms in total. The molecule has 1 aromatic heterocycles. The Morgan fingerprint density at radius 2 is 1.86 bits per heavy atom. The van der Waals surface area contributed by atoms with Gasteiger partial charge in [0.15, 0.2) is 15.6 Å². The van der Waals surface area contributed by atoms with E-state index in [1.165, 1.54) is 23.0 Å². The Labute approximate surface area is 173 Å². The summed E-state index contributed by atoms with van der Waals surface area (Å²) in [5, 5.41) is 14.0. The van der Waals surface area contributed by atoms with Crippen LogP contribution in [-0.4, -0.2) is 35.3 Å². The standard InChI is InChI=1S/C20H19ClN2O5S/c1-3-23-20(25)15(11-22-23)18(24)14-9-10-16(29(2,26)27)19(17(14)21)28-12-13-7-5-4-6-8-13/h4-11,25H,3,12H2,1-2H3. The highest BCUT2D eigenvalue weighted by molar-refractivity contribution is 7.90. The molecule has 0 unspecified atom stereocenters. The second kappa shape index (κ2) is 8.26. The first-order valence-electron chi connectivity index (χ1n) is 8.72. The molecule has 2 aromatic carbocycles. The van der Waals surface area contributed by atoms with E-state index >= 15 is 0 Å². The first-order chi connectivity index (χ1) is 13.7. The molecule has 3 aromatic rings. The van der Waals surface area contributed by atoms with Gasteiger partial charge in [0.25, 0.3) is 0 Å². The van der Waals surface area contributed by atoms with E-state index in [9.17, 15) is 18.3 Å². The predicted octanol–water partition coefficient (Wildman–Crippen LogP) is 3.48. The summed E-state index contributed by atoms with van der Waals surface area (Å²) in [6.07, 6.45) is 2.28. The lowest BCUT2D eigenvalue weighted by atomic mass is 10.1. The number of aromatic nitrogens is 2. The lowest BCUT2D eigenvalue weighted by Gasteiger charge is -2.15. The van der Waals surface area contributed by atoms with E-state index in [2.05, 4.69) is 5.10 Å². The van der Waals surface area contributed by atoms with Gasteiger partial charge in [0, 0.05) is 18.4 Å². The molecule has 0 aliphatic rings. The number of benzene rings is 2. The van der Waals surface area contributed by atoms with Gasteiger partial charge in [0.1, 0.15) is 17.1 Å². The molecule has 0 aliphatic carbocycles. The molecule has 1 heterocycles. The zero-order valence-corrected chi connectivity index (χ0v) is 17.4. The van der Waals surface area contributed by atoms with Crippen molar-refractivity contribution in [2.24, 2.45) is 0 Å². The second-order valence-electron chi connectivity index (χ2n) is 6.33. The van der Waals surface area contributed by atoms with Crippen LogP contribution in [0, 0.1) is 0 Å². The number of rotatable bonds is 7. The topological polar surface area (TPSA) is 98.5 Å². The van der Waals surface area contributed by atoms with E-state index in [0.717, 1.165) is 11.8 Å². The van der Waals surface area contributed by atoms with Crippen LogP contribution in [0.4, 0.5) is 0 Å². The molecular weight excluding hydrogens is 416 g/mol. The molecule has 0 radical (unpaired) electrons. The Hall–Kier alpha value is -2.84. The van der Waals surface area contributed by atoms with Crippen LogP contribution in [0.15, 0.2) is 53.6 Å². The SMILES string of the molecule is CCn1ncc(C(=O)c2ccc(S(C)(=O)=O)c(OCc3ccccc3)c2Cl)c1O. The van der Waals surface area contributed by atoms with Crippen molar-refractivity contribution in [1.29, 1.82) is 0 Å². The quantitative estimate of drug-likeness (QED) is 0.571. The van der Waals surface area contributed by atoms with Gasteiger partial charge in [0.05, 0.1) is 11.2 Å². The lowest BCUT2D eigenvalue weighted by Crippen LogP contribution is -2.08. The number of sulfone groups is 1. The van der Waals surface area contributed by atoms with Crippen molar-refractivity contribution in [2.45, 2.75) is 25.0 Å². The number of carbonyl (C=O) groups excluding carboxylic acids is 1. The first-order valence-corrected chi connectivity index (χ1v) is 11.0. The molecule has 3 rings (SSSR count). The Morgan fingerprint density at radius 1 is 1.17 bits per heavy atom. The van der Waals surface area contributed by atoms with Crippen LogP contribution in [-0.2, 0) is 23.0 Å². The number of ketones is 1. The molecule has 0 spiro atoms. The van der Waals surface area contributed by atoms with Crippen LogP contribution in [0.25, 0.3) is 0 Å². The maximum atomic E-state index is 12.9. The Bertz CT molecular complexity index is 1160. The van der Waals surface area contributed by atoms with Crippen molar-refractivity contribution in [3.05, 3.63) is 70.4 Å². The van der Waals surface area contributed by atoms with Gasteiger partial charge >= 0.3 is 0 Å². The Balaban J connectivity index is 2.05. The fourth-order valence-corrected chi connectivity index (χ4v) is 3.96. The Morgan fingerprint density at radius 3 is 2.45 bits per heavy atom. The summed E-state index contributed by atoms with van der Waals surface area (Å²) in [6, 6.07) is 11.7. The van der Waals surface area contributed by atoms with Crippen molar-refractivity contribution in [1.82, 2.24) is 9.78 Å². The average molecular weight is 435 g/mol. The van der Waals surface area contributed by atoms with Crippen molar-refractivity contribution < 1.29 is 23.1 Å². The predicted molar refractivity (Wildman–Crippen MR) is 108 cm³/mol. The second-order valence-corrected chi connectivity index (χ2v) is 8.69. The molecule has 0 fully saturated rings. The highest BCUT2D eigenvalue weighted by Crippen LogP contribution is 2.37. The number of carbonyl (C=O) groups is 1. The molecule has 0 atom stereocenters. The molecule has 152 valence electrons. The van der Waals surface area contributed by atoms with Crippen molar-refractivity contribution in [3.63, 3.8) is 0 Å². The van der Waals surface area contributed by atoms with Crippen LogP contribution in [0.1, 0.15) is 28.4 Å². The summed E-state index contributed by atoms with van der Waals surface area (Å²) in [6.45, 7) is 2.22. The zero-order valence-electron chi connectivity index (χ0n) is 15.8. The minimum Gasteiger partial charge on any atom is -0.493 e. The number of ether oxygens (including phenoxy) is 1. The molecule has 1 N–H and O–H groups in total. The summed E-state index contributed by atoms with van der Waals surface area (Å²) in [5.74, 6) is -0.976. The van der Waals surface area contributed by atoms with Crippen LogP contribution >= 0.6 is 11.6 Å². The van der Waals surface area contributed by atoms with E-state index in [4.69, 9.17) is 16.3 Å². The summed E-state index contributed by atoms with van der Waals surface area (Å²) in [5.41, 5.74) is 0.782. The molecule has 0 aliphatic heterocycles. The summed E-state index contributed by atoms with van der Waals surface area (Å²) in [4.78, 5) is 12.8. The fraction of sp³-hybridized carbons (Fsp3) is 0.200. The van der Waals surface area contributed by atoms with Gasteiger partial charge in [0.2, 0.25) is 11.7 Å². The zero-order chi connectivity index (χ0) is 21.2. The van der Waals surface area contributed by atoms with Gasteiger partial charge in [-0.1, -0.05) is 41.9 Å². The van der Waals surface area contributed by atoms with Crippen LogP contribution in [0.3, 0.4) is 0 Å². The van der Waals surface area contributed by atoms with Crippen molar-refractivity contribution >= 4 is 27.2 Å². The van der Waals surface area contributed by atoms with Crippen LogP contribution < -0.4 is 4.74 Å². The fourth-order valence-electron chi connectivity index (χ4n) is 2.79. The van der Waals surface area contributed by atoms with Gasteiger partial charge in [-0.15, -0.1) is 0 Å². The van der Waals surface area contributed by atoms with E-state index in [1.807, 2.05) is 30.3 Å². The Kier molecular flexibility index (Phi) is 5.95. The largest absolute Gasteiger partial charge is 0.493 e. The third-order valence-corrected chi connectivity index (χ3v) is 5.78. The summed E-state index contributed by atoms with van der Waals surface area (Å²) >= 11 is 6.40. The normalized spacial score (nSPS) is 11.4. The maximum Gasteiger partial charge on any atom is 0.220 e. The van der Waals surface area contributed by atoms with E-state index < -0.39 is 15.6 Å². The molecule has 0 amide bonds. The molecule has 0 saturated carbocycles. The monoisotopic (exact) mass is 434 g/mol. The number of hydrogen-bond acceptors (Lipinski definition) is 6. The van der Waals surface area contributed by atoms with Gasteiger partial charge in [-0.25, -0.2) is 13.1 Å². The van der Waals surface area contributed by atoms with E-state index in [-0.39, 0.29) is 39.3 Å². The molecular formula is C20H19ClN2O5S. The number of halogens is 1. The van der Waals surface area contributed by atoms with E-state index in [0.29, 0.717) is 6.54 Å². The number of aryl methyl sites for hydroxylation is 1. The number of nitrogens with zero attached hydrogens (tertiary/aromatic N) is 2. The molecule has 9 heteroatoms. The van der Waals surface area contributed by atoms with Crippen LogP contribution in [0.2, 0.25) is 5.02 Å². The first kappa shape index (κ1) is 20.9. The summed E-state index contributed by atoms with van der Waals surface area (Å²) in [7, 11) is -3.66. The van der Waals surface area contributed by atoms with Gasteiger partial charge < -0.3 is 9.84 Å². The van der Waals surface area contributed by atoms with Crippen molar-refractivity contribution in [3.8, 4) is 11.6 Å². The minimum atomic E-state index is -3.66. The maximum absolute atomic E-state index is 12.9. The molecule has 0 bridgehead atoms. The van der Waals surface area contributed by atoms with Gasteiger partial charge in [-0.05, 0) is 24.6 Å². The lowest BCUT2D eigenvalue weighted by molar-refractivity contribution is 0.103. The minimum absolute atomic E-state index is 0.00748. The highest BCUT2D eigenvalue weighted by atomic mass is 35.5. The van der Waals surface area contributed by atoms with E-state index in [1.54, 1.807) is 6.92 Å². The third kappa shape index (κ3) is 4.28. The van der Waals surface area contributed by atoms with Crippen molar-refractivity contribution in [2.75, 3.05) is 6.26 Å². The average Bonchev–Trinajstić information content (AvgIpc) is 3.06. The van der Waals surface area contributed by atoms with Gasteiger partial charge in [-0.2, -0.15) is 5.10 Å². The molecule has 0 saturated heterocycles. The number of aromatic hydroxyl groups is 1.